The first-order valence-electron chi connectivity index (χ1n) is 5.52. The summed E-state index contributed by atoms with van der Waals surface area (Å²) in [5, 5.41) is 0. The number of esters is 2. The van der Waals surface area contributed by atoms with E-state index in [4.69, 9.17) is 9.47 Å². The molecule has 0 bridgehead atoms. The molecule has 0 heterocycles. The monoisotopic (exact) mass is 228 g/mol. The van der Waals surface area contributed by atoms with Crippen LogP contribution in [0.15, 0.2) is 11.1 Å². The number of hydrogen-bond donors (Lipinski definition) is 0. The van der Waals surface area contributed by atoms with Crippen molar-refractivity contribution < 1.29 is 19.1 Å². The van der Waals surface area contributed by atoms with Crippen molar-refractivity contribution in [2.45, 2.75) is 40.5 Å². The molecule has 0 aliphatic rings. The third-order valence-electron chi connectivity index (χ3n) is 2.01. The Hall–Kier alpha value is -1.32. The molecule has 0 unspecified atom stereocenters. The average Bonchev–Trinajstić information content (AvgIpc) is 2.18. The summed E-state index contributed by atoms with van der Waals surface area (Å²) in [4.78, 5) is 22.7. The van der Waals surface area contributed by atoms with E-state index in [1.807, 2.05) is 13.8 Å². The number of allylic oxidation sites excluding steroid dienone is 1. The van der Waals surface area contributed by atoms with Crippen molar-refractivity contribution >= 4 is 11.9 Å². The molecule has 0 spiro atoms. The van der Waals surface area contributed by atoms with Crippen LogP contribution in [-0.4, -0.2) is 25.2 Å². The van der Waals surface area contributed by atoms with Gasteiger partial charge in [-0.2, -0.15) is 0 Å². The van der Waals surface area contributed by atoms with Gasteiger partial charge in [-0.25, -0.2) is 4.79 Å². The summed E-state index contributed by atoms with van der Waals surface area (Å²) in [6.07, 6.45) is 0.590. The molecule has 0 aromatic rings. The van der Waals surface area contributed by atoms with Crippen molar-refractivity contribution in [1.82, 2.24) is 0 Å². The van der Waals surface area contributed by atoms with Crippen LogP contribution < -0.4 is 0 Å². The molecule has 0 aliphatic carbocycles. The number of carbonyl (C=O) groups is 2. The van der Waals surface area contributed by atoms with Gasteiger partial charge in [0.2, 0.25) is 0 Å². The normalized spacial score (nSPS) is 9.50. The molecule has 0 aromatic carbocycles. The van der Waals surface area contributed by atoms with Crippen LogP contribution in [0.2, 0.25) is 0 Å². The zero-order valence-electron chi connectivity index (χ0n) is 10.5. The molecule has 0 saturated carbocycles. The lowest BCUT2D eigenvalue weighted by molar-refractivity contribution is -0.143. The molecule has 0 fully saturated rings. The van der Waals surface area contributed by atoms with Crippen LogP contribution in [0.25, 0.3) is 0 Å². The smallest absolute Gasteiger partial charge is 0.333 e. The average molecular weight is 228 g/mol. The van der Waals surface area contributed by atoms with E-state index in [0.29, 0.717) is 25.2 Å². The molecule has 0 rings (SSSR count). The molecule has 0 aromatic heterocycles. The van der Waals surface area contributed by atoms with E-state index in [0.717, 1.165) is 5.57 Å². The molecular weight excluding hydrogens is 208 g/mol. The van der Waals surface area contributed by atoms with E-state index in [-0.39, 0.29) is 18.4 Å². The third-order valence-corrected chi connectivity index (χ3v) is 2.01. The van der Waals surface area contributed by atoms with Crippen LogP contribution in [-0.2, 0) is 19.1 Å². The third kappa shape index (κ3) is 5.53. The van der Waals surface area contributed by atoms with Crippen LogP contribution in [0.4, 0.5) is 0 Å². The number of rotatable bonds is 6. The molecule has 16 heavy (non-hydrogen) atoms. The Kier molecular flexibility index (Phi) is 7.25. The maximum Gasteiger partial charge on any atom is 0.333 e. The van der Waals surface area contributed by atoms with E-state index in [9.17, 15) is 9.59 Å². The Morgan fingerprint density at radius 1 is 0.938 bits per heavy atom. The minimum Gasteiger partial charge on any atom is -0.466 e. The highest BCUT2D eigenvalue weighted by Gasteiger charge is 2.14. The highest BCUT2D eigenvalue weighted by molar-refractivity contribution is 5.89. The van der Waals surface area contributed by atoms with Gasteiger partial charge in [-0.05, 0) is 34.1 Å². The van der Waals surface area contributed by atoms with Crippen molar-refractivity contribution in [2.75, 3.05) is 13.2 Å². The Morgan fingerprint density at radius 2 is 1.50 bits per heavy atom. The van der Waals surface area contributed by atoms with E-state index in [1.165, 1.54) is 0 Å². The van der Waals surface area contributed by atoms with Crippen LogP contribution in [0.1, 0.15) is 40.5 Å². The molecule has 0 radical (unpaired) electrons. The summed E-state index contributed by atoms with van der Waals surface area (Å²) >= 11 is 0. The van der Waals surface area contributed by atoms with Crippen molar-refractivity contribution in [3.63, 3.8) is 0 Å². The second-order valence-electron chi connectivity index (χ2n) is 3.50. The maximum atomic E-state index is 11.5. The van der Waals surface area contributed by atoms with Gasteiger partial charge in [0.05, 0.1) is 13.2 Å². The number of ether oxygens (including phenoxy) is 2. The lowest BCUT2D eigenvalue weighted by atomic mass is 10.1. The van der Waals surface area contributed by atoms with E-state index < -0.39 is 0 Å². The molecule has 0 saturated heterocycles. The maximum absolute atomic E-state index is 11.5. The summed E-state index contributed by atoms with van der Waals surface area (Å²) in [7, 11) is 0. The van der Waals surface area contributed by atoms with Gasteiger partial charge in [-0.3, -0.25) is 4.79 Å². The summed E-state index contributed by atoms with van der Waals surface area (Å²) in [6, 6.07) is 0. The van der Waals surface area contributed by atoms with Crippen molar-refractivity contribution in [2.24, 2.45) is 0 Å². The molecule has 0 aliphatic heterocycles. The van der Waals surface area contributed by atoms with Gasteiger partial charge in [0, 0.05) is 12.0 Å². The largest absolute Gasteiger partial charge is 0.466 e. The Labute approximate surface area is 96.6 Å². The molecule has 4 heteroatoms. The first-order valence-corrected chi connectivity index (χ1v) is 5.52. The standard InChI is InChI=1S/C12H20O4/c1-5-15-11(13)8-7-10(9(3)4)12(14)16-6-2/h5-8H2,1-4H3. The fourth-order valence-electron chi connectivity index (χ4n) is 1.23. The molecular formula is C12H20O4. The molecule has 92 valence electrons. The topological polar surface area (TPSA) is 52.6 Å². The predicted octanol–water partition coefficient (Wildman–Crippen LogP) is 2.23. The summed E-state index contributed by atoms with van der Waals surface area (Å²) < 4.78 is 9.71. The van der Waals surface area contributed by atoms with Gasteiger partial charge >= 0.3 is 11.9 Å². The highest BCUT2D eigenvalue weighted by atomic mass is 16.5. The number of carbonyl (C=O) groups excluding carboxylic acids is 2. The van der Waals surface area contributed by atoms with Crippen LogP contribution in [0, 0.1) is 0 Å². The van der Waals surface area contributed by atoms with Gasteiger partial charge in [0.1, 0.15) is 0 Å². The molecule has 0 amide bonds. The minimum atomic E-state index is -0.341. The lowest BCUT2D eigenvalue weighted by Crippen LogP contribution is -2.12. The summed E-state index contributed by atoms with van der Waals surface area (Å²) in [6.45, 7) is 7.88. The number of hydrogen-bond acceptors (Lipinski definition) is 4. The van der Waals surface area contributed by atoms with Crippen molar-refractivity contribution in [3.8, 4) is 0 Å². The minimum absolute atomic E-state index is 0.215. The van der Waals surface area contributed by atoms with Crippen molar-refractivity contribution in [3.05, 3.63) is 11.1 Å². The molecule has 0 N–H and O–H groups in total. The summed E-state index contributed by atoms with van der Waals surface area (Å²) in [5.41, 5.74) is 1.44. The first kappa shape index (κ1) is 14.7. The van der Waals surface area contributed by atoms with Gasteiger partial charge in [-0.1, -0.05) is 5.57 Å². The van der Waals surface area contributed by atoms with E-state index in [2.05, 4.69) is 0 Å². The van der Waals surface area contributed by atoms with Gasteiger partial charge in [0.25, 0.3) is 0 Å². The predicted molar refractivity (Wildman–Crippen MR) is 60.9 cm³/mol. The molecule has 4 nitrogen and oxygen atoms in total. The van der Waals surface area contributed by atoms with E-state index >= 15 is 0 Å². The fourth-order valence-corrected chi connectivity index (χ4v) is 1.23. The quantitative estimate of drug-likeness (QED) is 0.516. The van der Waals surface area contributed by atoms with Gasteiger partial charge < -0.3 is 9.47 Å². The summed E-state index contributed by atoms with van der Waals surface area (Å²) in [5.74, 6) is -0.627. The van der Waals surface area contributed by atoms with Crippen LogP contribution in [0.3, 0.4) is 0 Å². The second-order valence-corrected chi connectivity index (χ2v) is 3.50. The Morgan fingerprint density at radius 3 is 1.94 bits per heavy atom. The van der Waals surface area contributed by atoms with Gasteiger partial charge in [0.15, 0.2) is 0 Å². The second kappa shape index (κ2) is 7.91. The zero-order valence-corrected chi connectivity index (χ0v) is 10.5. The Balaban J connectivity index is 4.33. The molecule has 0 atom stereocenters. The van der Waals surface area contributed by atoms with E-state index in [1.54, 1.807) is 13.8 Å². The lowest BCUT2D eigenvalue weighted by Gasteiger charge is -2.08. The first-order chi connectivity index (χ1) is 7.52. The fraction of sp³-hybridized carbons (Fsp3) is 0.667. The van der Waals surface area contributed by atoms with Crippen molar-refractivity contribution in [1.29, 1.82) is 0 Å². The Bertz CT molecular complexity index is 275. The zero-order chi connectivity index (χ0) is 12.6. The van der Waals surface area contributed by atoms with Crippen LogP contribution in [0.5, 0.6) is 0 Å². The van der Waals surface area contributed by atoms with Gasteiger partial charge in [-0.15, -0.1) is 0 Å². The van der Waals surface area contributed by atoms with Crippen LogP contribution >= 0.6 is 0 Å². The highest BCUT2D eigenvalue weighted by Crippen LogP contribution is 2.13. The SMILES string of the molecule is CCOC(=O)CCC(C(=O)OCC)=C(C)C.